The van der Waals surface area contributed by atoms with Crippen molar-refractivity contribution < 1.29 is 28.6 Å². The monoisotopic (exact) mass is 764 g/mol. The van der Waals surface area contributed by atoms with Crippen molar-refractivity contribution in [3.8, 4) is 11.5 Å². The number of ether oxygens (including phenoxy) is 3. The van der Waals surface area contributed by atoms with Crippen LogP contribution in [0.15, 0.2) is 103 Å². The zero-order chi connectivity index (χ0) is 36.2. The molecule has 0 N–H and O–H groups in total. The zero-order valence-corrected chi connectivity index (χ0v) is 30.8. The Hall–Kier alpha value is -4.60. The molecule has 0 aliphatic carbocycles. The number of carbonyl (C=O) groups excluding carboxylic acids is 2. The Balaban J connectivity index is 1.74. The van der Waals surface area contributed by atoms with Crippen molar-refractivity contribution in [1.82, 2.24) is 5.17 Å². The van der Waals surface area contributed by atoms with E-state index in [0.29, 0.717) is 31.2 Å². The van der Waals surface area contributed by atoms with Crippen LogP contribution < -0.4 is 14.6 Å². The largest absolute Gasteiger partial charge is 0.494 e. The van der Waals surface area contributed by atoms with Gasteiger partial charge in [-0.1, -0.05) is 94.9 Å². The van der Waals surface area contributed by atoms with Crippen molar-refractivity contribution in [1.29, 1.82) is 0 Å². The lowest BCUT2D eigenvalue weighted by molar-refractivity contribution is -0.0383. The van der Waals surface area contributed by atoms with Crippen LogP contribution in [0.4, 0.5) is 15.3 Å². The molecule has 0 radical (unpaired) electrons. The number of carbonyl (C=O) groups is 2. The van der Waals surface area contributed by atoms with E-state index in [1.807, 2.05) is 54.6 Å². The van der Waals surface area contributed by atoms with E-state index in [1.54, 1.807) is 62.4 Å². The lowest BCUT2D eigenvalue weighted by Crippen LogP contribution is -2.48. The van der Waals surface area contributed by atoms with Gasteiger partial charge >= 0.3 is 12.2 Å². The smallest absolute Gasteiger partial charge is 0.464 e. The van der Waals surface area contributed by atoms with Crippen LogP contribution in [-0.2, 0) is 9.47 Å². The number of methoxy groups -OCH3 is 1. The first-order chi connectivity index (χ1) is 24.6. The molecule has 51 heavy (non-hydrogen) atoms. The standard InChI is InChI=1S/C39H32Cl4N2O6/c1-4-49-38(46)44-35-36(48-3)31(33(23-6-14-27(40)15-7-23)24-8-16-28(41)17-9-24)22-32(37(35)51-45(44)39(47)50-5-2)34(25-10-18-29(42)19-11-25)26-12-20-30(43)21-13-26/h6-22,33-34H,4-5H2,1-3H3. The number of anilines is 1. The van der Waals surface area contributed by atoms with Crippen molar-refractivity contribution >= 4 is 64.3 Å². The SMILES string of the molecule is CCOC(=O)N1Oc2c(C(c3ccc(Cl)cc3)c3ccc(Cl)cc3)cc(C(c3ccc(Cl)cc3)c3ccc(Cl)cc3)c(OC)c2N1C(=O)OCC. The Morgan fingerprint density at radius 2 is 0.980 bits per heavy atom. The number of hydroxylamine groups is 1. The van der Waals surface area contributed by atoms with E-state index >= 15 is 0 Å². The molecule has 0 saturated carbocycles. The topological polar surface area (TPSA) is 77.5 Å². The van der Waals surface area contributed by atoms with E-state index in [0.717, 1.165) is 32.4 Å². The Morgan fingerprint density at radius 3 is 1.35 bits per heavy atom. The molecule has 6 rings (SSSR count). The average Bonchev–Trinajstić information content (AvgIpc) is 3.53. The Morgan fingerprint density at radius 1 is 0.608 bits per heavy atom. The van der Waals surface area contributed by atoms with Gasteiger partial charge in [-0.25, -0.2) is 9.59 Å². The molecule has 0 fully saturated rings. The molecule has 5 aromatic carbocycles. The molecule has 0 spiro atoms. The summed E-state index contributed by atoms with van der Waals surface area (Å²) in [4.78, 5) is 33.7. The molecule has 0 bridgehead atoms. The molecule has 0 aromatic heterocycles. The summed E-state index contributed by atoms with van der Waals surface area (Å²) in [5, 5.41) is 3.99. The van der Waals surface area contributed by atoms with E-state index in [4.69, 9.17) is 65.5 Å². The zero-order valence-electron chi connectivity index (χ0n) is 27.7. The summed E-state index contributed by atoms with van der Waals surface area (Å²) in [6, 6.07) is 31.7. The molecule has 12 heteroatoms. The number of fused-ring (bicyclic) bond motifs is 1. The molecular weight excluding hydrogens is 734 g/mol. The van der Waals surface area contributed by atoms with Gasteiger partial charge in [0.25, 0.3) is 0 Å². The summed E-state index contributed by atoms with van der Waals surface area (Å²) in [5.41, 5.74) is 4.81. The Labute approximate surface area is 315 Å². The van der Waals surface area contributed by atoms with Crippen molar-refractivity contribution in [3.05, 3.63) is 157 Å². The fourth-order valence-electron chi connectivity index (χ4n) is 6.20. The van der Waals surface area contributed by atoms with Crippen LogP contribution in [0.5, 0.6) is 11.5 Å². The number of rotatable bonds is 9. The van der Waals surface area contributed by atoms with Gasteiger partial charge in [-0.05, 0) is 95.9 Å². The highest BCUT2D eigenvalue weighted by atomic mass is 35.5. The van der Waals surface area contributed by atoms with Gasteiger partial charge in [-0.15, -0.1) is 5.01 Å². The number of benzene rings is 5. The maximum Gasteiger partial charge on any atom is 0.464 e. The molecule has 0 saturated heterocycles. The first-order valence-electron chi connectivity index (χ1n) is 16.0. The van der Waals surface area contributed by atoms with Gasteiger partial charge in [-0.3, -0.25) is 0 Å². The van der Waals surface area contributed by atoms with E-state index in [2.05, 4.69) is 0 Å². The first-order valence-corrected chi connectivity index (χ1v) is 17.5. The molecular formula is C39H32Cl4N2O6. The molecule has 262 valence electrons. The third kappa shape index (κ3) is 7.41. The average molecular weight is 767 g/mol. The summed E-state index contributed by atoms with van der Waals surface area (Å²) < 4.78 is 17.0. The summed E-state index contributed by atoms with van der Waals surface area (Å²) in [6.45, 7) is 3.36. The van der Waals surface area contributed by atoms with Crippen LogP contribution in [0.1, 0.15) is 59.1 Å². The summed E-state index contributed by atoms with van der Waals surface area (Å²) >= 11 is 25.4. The fourth-order valence-corrected chi connectivity index (χ4v) is 6.70. The van der Waals surface area contributed by atoms with Gasteiger partial charge < -0.3 is 19.0 Å². The maximum atomic E-state index is 13.8. The van der Waals surface area contributed by atoms with E-state index < -0.39 is 24.0 Å². The third-order valence-electron chi connectivity index (χ3n) is 8.34. The third-order valence-corrected chi connectivity index (χ3v) is 9.35. The van der Waals surface area contributed by atoms with Crippen molar-refractivity contribution in [2.24, 2.45) is 0 Å². The highest BCUT2D eigenvalue weighted by Crippen LogP contribution is 2.55. The Kier molecular flexibility index (Phi) is 11.2. The molecule has 8 nitrogen and oxygen atoms in total. The van der Waals surface area contributed by atoms with Gasteiger partial charge in [-0.2, -0.15) is 0 Å². The molecule has 2 amide bonds. The van der Waals surface area contributed by atoms with E-state index in [1.165, 1.54) is 7.11 Å². The number of hydrogen-bond acceptors (Lipinski definition) is 6. The minimum absolute atomic E-state index is 0.0204. The molecule has 1 aliphatic heterocycles. The fraction of sp³-hybridized carbons (Fsp3) is 0.179. The number of halogens is 4. The summed E-state index contributed by atoms with van der Waals surface area (Å²) in [5.74, 6) is -0.581. The predicted octanol–water partition coefficient (Wildman–Crippen LogP) is 11.3. The summed E-state index contributed by atoms with van der Waals surface area (Å²) in [6.07, 6.45) is -1.81. The van der Waals surface area contributed by atoms with Crippen LogP contribution in [0.3, 0.4) is 0 Å². The van der Waals surface area contributed by atoms with Crippen LogP contribution in [0.2, 0.25) is 20.1 Å². The highest BCUT2D eigenvalue weighted by Gasteiger charge is 2.47. The molecule has 0 atom stereocenters. The van der Waals surface area contributed by atoms with Gasteiger partial charge in [0, 0.05) is 43.1 Å². The number of nitrogens with zero attached hydrogens (tertiary/aromatic N) is 2. The second-order valence-corrected chi connectivity index (χ2v) is 13.2. The molecule has 5 aromatic rings. The number of amides is 2. The summed E-state index contributed by atoms with van der Waals surface area (Å²) in [7, 11) is 1.49. The van der Waals surface area contributed by atoms with Crippen LogP contribution in [0, 0.1) is 0 Å². The highest BCUT2D eigenvalue weighted by molar-refractivity contribution is 6.31. The van der Waals surface area contributed by atoms with E-state index in [9.17, 15) is 9.59 Å². The lowest BCUT2D eigenvalue weighted by atomic mass is 9.79. The van der Waals surface area contributed by atoms with Crippen molar-refractivity contribution in [2.45, 2.75) is 25.7 Å². The number of hydrogen-bond donors (Lipinski definition) is 0. The van der Waals surface area contributed by atoms with Crippen molar-refractivity contribution in [2.75, 3.05) is 25.3 Å². The maximum absolute atomic E-state index is 13.8. The van der Waals surface area contributed by atoms with Crippen molar-refractivity contribution in [3.63, 3.8) is 0 Å². The van der Waals surface area contributed by atoms with Gasteiger partial charge in [0.05, 0.1) is 20.3 Å². The Bertz CT molecular complexity index is 1930. The minimum Gasteiger partial charge on any atom is -0.494 e. The predicted molar refractivity (Wildman–Crippen MR) is 200 cm³/mol. The van der Waals surface area contributed by atoms with Gasteiger partial charge in [0.1, 0.15) is 0 Å². The molecule has 0 unspecified atom stereocenters. The van der Waals surface area contributed by atoms with Crippen LogP contribution >= 0.6 is 46.4 Å². The lowest BCUT2D eigenvalue weighted by Gasteiger charge is -2.27. The first kappa shape index (κ1) is 36.2. The van der Waals surface area contributed by atoms with Crippen LogP contribution in [-0.4, -0.2) is 37.7 Å². The van der Waals surface area contributed by atoms with Crippen LogP contribution in [0.25, 0.3) is 0 Å². The van der Waals surface area contributed by atoms with E-state index in [-0.39, 0.29) is 30.4 Å². The molecule has 1 aliphatic rings. The normalized spacial score (nSPS) is 12.2. The molecule has 1 heterocycles. The van der Waals surface area contributed by atoms with Gasteiger partial charge in [0.15, 0.2) is 17.2 Å². The minimum atomic E-state index is -0.933. The van der Waals surface area contributed by atoms with Gasteiger partial charge in [0.2, 0.25) is 0 Å². The second-order valence-electron chi connectivity index (χ2n) is 11.4. The quantitative estimate of drug-likeness (QED) is 0.139. The second kappa shape index (κ2) is 15.7. The number of hydrazine groups is 1.